The van der Waals surface area contributed by atoms with Gasteiger partial charge in [-0.05, 0) is 6.92 Å². The molecule has 1 aromatic heterocycles. The molecule has 2 rings (SSSR count). The summed E-state index contributed by atoms with van der Waals surface area (Å²) < 4.78 is 32.6. The predicted octanol–water partition coefficient (Wildman–Crippen LogP) is -0.170. The third-order valence-corrected chi connectivity index (χ3v) is 4.56. The zero-order valence-electron chi connectivity index (χ0n) is 9.33. The van der Waals surface area contributed by atoms with Crippen molar-refractivity contribution in [2.75, 3.05) is 19.8 Å². The number of hydrogen-bond acceptors (Lipinski definition) is 4. The van der Waals surface area contributed by atoms with Crippen LogP contribution in [-0.4, -0.2) is 48.3 Å². The average Bonchev–Trinajstić information content (AvgIpc) is 2.66. The molecule has 1 aliphatic rings. The third-order valence-electron chi connectivity index (χ3n) is 2.59. The van der Waals surface area contributed by atoms with E-state index in [1.807, 2.05) is 6.92 Å². The van der Waals surface area contributed by atoms with Gasteiger partial charge in [0.25, 0.3) is 0 Å². The van der Waals surface area contributed by atoms with E-state index in [0.29, 0.717) is 19.8 Å². The maximum absolute atomic E-state index is 12.2. The van der Waals surface area contributed by atoms with Gasteiger partial charge in [-0.1, -0.05) is 0 Å². The molecule has 1 aromatic rings. The van der Waals surface area contributed by atoms with E-state index in [4.69, 9.17) is 4.74 Å². The molecular formula is C9H15N3O3S. The van der Waals surface area contributed by atoms with Crippen molar-refractivity contribution in [1.82, 2.24) is 14.1 Å². The molecule has 0 aliphatic carbocycles. The van der Waals surface area contributed by atoms with Gasteiger partial charge in [0.05, 0.1) is 19.4 Å². The van der Waals surface area contributed by atoms with Crippen LogP contribution in [0.4, 0.5) is 0 Å². The van der Waals surface area contributed by atoms with Gasteiger partial charge in [0.1, 0.15) is 4.90 Å². The number of nitrogens with zero attached hydrogens (tertiary/aromatic N) is 3. The molecule has 0 aromatic carbocycles. The monoisotopic (exact) mass is 245 g/mol. The highest BCUT2D eigenvalue weighted by Crippen LogP contribution is 2.19. The maximum atomic E-state index is 12.2. The minimum atomic E-state index is -3.42. The van der Waals surface area contributed by atoms with Crippen molar-refractivity contribution in [2.45, 2.75) is 17.9 Å². The molecule has 1 fully saturated rings. The lowest BCUT2D eigenvalue weighted by molar-refractivity contribution is 0.0393. The van der Waals surface area contributed by atoms with Crippen molar-refractivity contribution in [3.8, 4) is 0 Å². The van der Waals surface area contributed by atoms with Crippen molar-refractivity contribution < 1.29 is 13.2 Å². The molecule has 0 spiro atoms. The summed E-state index contributed by atoms with van der Waals surface area (Å²) in [5.41, 5.74) is 0. The van der Waals surface area contributed by atoms with Crippen LogP contribution in [0.3, 0.4) is 0 Å². The Labute approximate surface area is 94.9 Å². The van der Waals surface area contributed by atoms with Crippen LogP contribution < -0.4 is 0 Å². The van der Waals surface area contributed by atoms with E-state index >= 15 is 0 Å². The Balaban J connectivity index is 2.31. The zero-order valence-corrected chi connectivity index (χ0v) is 10.1. The van der Waals surface area contributed by atoms with Gasteiger partial charge in [-0.15, -0.1) is 0 Å². The van der Waals surface area contributed by atoms with Crippen molar-refractivity contribution in [1.29, 1.82) is 0 Å². The molecule has 7 heteroatoms. The van der Waals surface area contributed by atoms with Gasteiger partial charge in [0.15, 0.2) is 0 Å². The maximum Gasteiger partial charge on any atom is 0.246 e. The van der Waals surface area contributed by atoms with Crippen molar-refractivity contribution >= 4 is 10.0 Å². The summed E-state index contributed by atoms with van der Waals surface area (Å²) in [6.07, 6.45) is 2.88. The molecule has 1 saturated heterocycles. The second kappa shape index (κ2) is 4.15. The van der Waals surface area contributed by atoms with Crippen LogP contribution in [-0.2, 0) is 21.8 Å². The van der Waals surface area contributed by atoms with Crippen LogP contribution in [0.25, 0.3) is 0 Å². The van der Waals surface area contributed by atoms with Gasteiger partial charge in [0, 0.05) is 25.8 Å². The Bertz CT molecular complexity index is 468. The molecule has 0 radical (unpaired) electrons. The SMILES string of the molecule is CC1COCCN1S(=O)(=O)c1cnn(C)c1. The zero-order chi connectivity index (χ0) is 11.8. The van der Waals surface area contributed by atoms with E-state index < -0.39 is 10.0 Å². The van der Waals surface area contributed by atoms with E-state index in [2.05, 4.69) is 5.10 Å². The smallest absolute Gasteiger partial charge is 0.246 e. The van der Waals surface area contributed by atoms with Gasteiger partial charge >= 0.3 is 0 Å². The molecule has 6 nitrogen and oxygen atoms in total. The van der Waals surface area contributed by atoms with E-state index in [-0.39, 0.29) is 10.9 Å². The van der Waals surface area contributed by atoms with Gasteiger partial charge in [-0.2, -0.15) is 9.40 Å². The number of sulfonamides is 1. The molecule has 16 heavy (non-hydrogen) atoms. The first kappa shape index (κ1) is 11.6. The summed E-state index contributed by atoms with van der Waals surface area (Å²) in [6.45, 7) is 3.13. The lowest BCUT2D eigenvalue weighted by Crippen LogP contribution is -2.46. The van der Waals surface area contributed by atoms with Crippen molar-refractivity contribution in [2.24, 2.45) is 7.05 Å². The van der Waals surface area contributed by atoms with E-state index in [0.717, 1.165) is 0 Å². The van der Waals surface area contributed by atoms with Crippen LogP contribution in [0, 0.1) is 0 Å². The first-order chi connectivity index (χ1) is 7.51. The largest absolute Gasteiger partial charge is 0.378 e. The summed E-state index contributed by atoms with van der Waals surface area (Å²) in [5, 5.41) is 3.88. The lowest BCUT2D eigenvalue weighted by atomic mass is 10.3. The number of hydrogen-bond donors (Lipinski definition) is 0. The van der Waals surface area contributed by atoms with Gasteiger partial charge in [0.2, 0.25) is 10.0 Å². The van der Waals surface area contributed by atoms with Crippen LogP contribution in [0.1, 0.15) is 6.92 Å². The molecule has 1 unspecified atom stereocenters. The number of aryl methyl sites for hydroxylation is 1. The summed E-state index contributed by atoms with van der Waals surface area (Å²) >= 11 is 0. The van der Waals surface area contributed by atoms with Gasteiger partial charge in [-0.3, -0.25) is 4.68 Å². The van der Waals surface area contributed by atoms with Crippen LogP contribution in [0.15, 0.2) is 17.3 Å². The minimum Gasteiger partial charge on any atom is -0.378 e. The lowest BCUT2D eigenvalue weighted by Gasteiger charge is -2.31. The normalized spacial score (nSPS) is 23.5. The molecule has 1 aliphatic heterocycles. The molecule has 0 saturated carbocycles. The molecule has 1 atom stereocenters. The Morgan fingerprint density at radius 1 is 1.56 bits per heavy atom. The number of ether oxygens (including phenoxy) is 1. The quantitative estimate of drug-likeness (QED) is 0.725. The van der Waals surface area contributed by atoms with E-state index in [9.17, 15) is 8.42 Å². The second-order valence-corrected chi connectivity index (χ2v) is 5.78. The predicted molar refractivity (Wildman–Crippen MR) is 57.4 cm³/mol. The Hall–Kier alpha value is -0.920. The summed E-state index contributed by atoms with van der Waals surface area (Å²) in [4.78, 5) is 0.240. The van der Waals surface area contributed by atoms with Crippen molar-refractivity contribution in [3.63, 3.8) is 0 Å². The molecular weight excluding hydrogens is 230 g/mol. The van der Waals surface area contributed by atoms with E-state index in [1.165, 1.54) is 21.4 Å². The highest BCUT2D eigenvalue weighted by Gasteiger charge is 2.32. The van der Waals surface area contributed by atoms with Gasteiger partial charge in [-0.25, -0.2) is 8.42 Å². The molecule has 0 N–H and O–H groups in total. The average molecular weight is 245 g/mol. The standard InChI is InChI=1S/C9H15N3O3S/c1-8-7-15-4-3-12(8)16(13,14)9-5-10-11(2)6-9/h5-6,8H,3-4,7H2,1-2H3. The fraction of sp³-hybridized carbons (Fsp3) is 0.667. The summed E-state index contributed by atoms with van der Waals surface area (Å²) in [6, 6.07) is -0.126. The minimum absolute atomic E-state index is 0.126. The fourth-order valence-electron chi connectivity index (χ4n) is 1.74. The Morgan fingerprint density at radius 3 is 2.88 bits per heavy atom. The third kappa shape index (κ3) is 1.98. The number of aromatic nitrogens is 2. The second-order valence-electron chi connectivity index (χ2n) is 3.89. The van der Waals surface area contributed by atoms with E-state index in [1.54, 1.807) is 7.05 Å². The first-order valence-corrected chi connectivity index (χ1v) is 6.54. The molecule has 0 bridgehead atoms. The Kier molecular flexibility index (Phi) is 3.00. The van der Waals surface area contributed by atoms with Crippen LogP contribution in [0.2, 0.25) is 0 Å². The molecule has 0 amide bonds. The molecule has 90 valence electrons. The highest BCUT2D eigenvalue weighted by molar-refractivity contribution is 7.89. The number of morpholine rings is 1. The van der Waals surface area contributed by atoms with Crippen LogP contribution >= 0.6 is 0 Å². The fourth-order valence-corrected chi connectivity index (χ4v) is 3.32. The first-order valence-electron chi connectivity index (χ1n) is 5.10. The van der Waals surface area contributed by atoms with Crippen molar-refractivity contribution in [3.05, 3.63) is 12.4 Å². The molecule has 2 heterocycles. The topological polar surface area (TPSA) is 64.4 Å². The highest BCUT2D eigenvalue weighted by atomic mass is 32.2. The summed E-state index contributed by atoms with van der Waals surface area (Å²) in [7, 11) is -1.72. The van der Waals surface area contributed by atoms with Crippen LogP contribution in [0.5, 0.6) is 0 Å². The Morgan fingerprint density at radius 2 is 2.31 bits per heavy atom. The van der Waals surface area contributed by atoms with Gasteiger partial charge < -0.3 is 4.74 Å². The number of rotatable bonds is 2. The summed E-state index contributed by atoms with van der Waals surface area (Å²) in [5.74, 6) is 0.